The van der Waals surface area contributed by atoms with Crippen LogP contribution in [-0.4, -0.2) is 48.5 Å². The average Bonchev–Trinajstić information content (AvgIpc) is 2.91. The molecule has 148 valence electrons. The van der Waals surface area contributed by atoms with Crippen molar-refractivity contribution in [2.45, 2.75) is 59.8 Å². The van der Waals surface area contributed by atoms with Crippen LogP contribution in [0.15, 0.2) is 0 Å². The number of hydrogen-bond acceptors (Lipinski definition) is 5. The van der Waals surface area contributed by atoms with Gasteiger partial charge < -0.3 is 15.0 Å². The van der Waals surface area contributed by atoms with E-state index in [-0.39, 0.29) is 24.3 Å². The van der Waals surface area contributed by atoms with Crippen LogP contribution >= 0.6 is 11.3 Å². The molecule has 2 amide bonds. The first kappa shape index (κ1) is 22.6. The summed E-state index contributed by atoms with van der Waals surface area (Å²) in [7, 11) is 1.64. The van der Waals surface area contributed by atoms with E-state index in [0.29, 0.717) is 18.3 Å². The van der Waals surface area contributed by atoms with E-state index in [1.165, 1.54) is 11.3 Å². The number of methoxy groups -OCH3 is 1. The third-order valence-electron chi connectivity index (χ3n) is 4.45. The van der Waals surface area contributed by atoms with Crippen LogP contribution < -0.4 is 5.32 Å². The third-order valence-corrected chi connectivity index (χ3v) is 5.43. The summed E-state index contributed by atoms with van der Waals surface area (Å²) in [5.41, 5.74) is 0.920. The Morgan fingerprint density at radius 2 is 2.00 bits per heavy atom. The zero-order chi connectivity index (χ0) is 19.5. The highest BCUT2D eigenvalue weighted by Gasteiger charge is 2.24. The van der Waals surface area contributed by atoms with Gasteiger partial charge in [-0.25, -0.2) is 4.98 Å². The molecule has 0 spiro atoms. The van der Waals surface area contributed by atoms with Crippen LogP contribution in [0.4, 0.5) is 5.13 Å². The van der Waals surface area contributed by atoms with Gasteiger partial charge in [0.1, 0.15) is 0 Å². The maximum atomic E-state index is 12.9. The van der Waals surface area contributed by atoms with Crippen LogP contribution in [0.5, 0.6) is 0 Å². The quantitative estimate of drug-likeness (QED) is 0.558. The van der Waals surface area contributed by atoms with Gasteiger partial charge in [-0.3, -0.25) is 9.59 Å². The number of unbranched alkanes of at least 4 members (excludes halogenated alkanes) is 1. The molecular weight excluding hydrogens is 350 g/mol. The molecule has 0 aliphatic heterocycles. The second-order valence-corrected chi connectivity index (χ2v) is 7.77. The fraction of sp³-hybridized carbons (Fsp3) is 0.737. The zero-order valence-corrected chi connectivity index (χ0v) is 17.6. The largest absolute Gasteiger partial charge is 0.385 e. The number of rotatable bonds is 12. The number of carbonyl (C=O) groups excluding carboxylic acids is 2. The molecule has 1 aromatic rings. The molecule has 0 aromatic carbocycles. The predicted molar refractivity (Wildman–Crippen MR) is 107 cm³/mol. The smallest absolute Gasteiger partial charge is 0.245 e. The van der Waals surface area contributed by atoms with Gasteiger partial charge in [-0.05, 0) is 33.1 Å². The lowest BCUT2D eigenvalue weighted by Gasteiger charge is -2.26. The molecule has 0 fully saturated rings. The highest BCUT2D eigenvalue weighted by atomic mass is 32.1. The number of anilines is 1. The van der Waals surface area contributed by atoms with Crippen LogP contribution in [0.2, 0.25) is 0 Å². The highest BCUT2D eigenvalue weighted by molar-refractivity contribution is 7.15. The summed E-state index contributed by atoms with van der Waals surface area (Å²) in [6.45, 7) is 9.21. The van der Waals surface area contributed by atoms with Crippen LogP contribution in [0.25, 0.3) is 0 Å². The second-order valence-electron chi connectivity index (χ2n) is 6.56. The zero-order valence-electron chi connectivity index (χ0n) is 16.8. The Bertz CT molecular complexity index is 555. The lowest BCUT2D eigenvalue weighted by molar-refractivity contribution is -0.139. The molecule has 6 nitrogen and oxygen atoms in total. The molecule has 1 heterocycles. The van der Waals surface area contributed by atoms with Crippen molar-refractivity contribution in [1.82, 2.24) is 9.88 Å². The average molecular weight is 384 g/mol. The maximum absolute atomic E-state index is 12.9. The summed E-state index contributed by atoms with van der Waals surface area (Å²) in [5, 5.41) is 3.41. The van der Waals surface area contributed by atoms with Crippen molar-refractivity contribution in [2.24, 2.45) is 5.92 Å². The van der Waals surface area contributed by atoms with Crippen molar-refractivity contribution in [3.63, 3.8) is 0 Å². The minimum atomic E-state index is -0.199. The number of thiazole rings is 1. The summed E-state index contributed by atoms with van der Waals surface area (Å²) in [6.07, 6.45) is 4.48. The van der Waals surface area contributed by atoms with E-state index in [0.717, 1.165) is 42.7 Å². The van der Waals surface area contributed by atoms with Crippen LogP contribution in [0, 0.1) is 19.8 Å². The molecule has 1 rings (SSSR count). The van der Waals surface area contributed by atoms with Crippen LogP contribution in [-0.2, 0) is 14.3 Å². The van der Waals surface area contributed by atoms with Gasteiger partial charge in [0.25, 0.3) is 0 Å². The highest BCUT2D eigenvalue weighted by Crippen LogP contribution is 2.21. The first-order chi connectivity index (χ1) is 12.4. The SMILES string of the molecule is CCCCC(CC)C(=O)N(CCCOC)CC(=O)Nc1nc(C)c(C)s1. The molecule has 1 unspecified atom stereocenters. The van der Waals surface area contributed by atoms with Gasteiger partial charge in [-0.1, -0.05) is 26.7 Å². The normalized spacial score (nSPS) is 12.0. The molecule has 0 radical (unpaired) electrons. The van der Waals surface area contributed by atoms with Crippen molar-refractivity contribution in [1.29, 1.82) is 0 Å². The van der Waals surface area contributed by atoms with Gasteiger partial charge in [-0.2, -0.15) is 0 Å². The Morgan fingerprint density at radius 1 is 1.27 bits per heavy atom. The summed E-state index contributed by atoms with van der Waals surface area (Å²) < 4.78 is 5.09. The number of ether oxygens (including phenoxy) is 1. The van der Waals surface area contributed by atoms with Gasteiger partial charge in [-0.15, -0.1) is 11.3 Å². The van der Waals surface area contributed by atoms with Gasteiger partial charge in [0.2, 0.25) is 11.8 Å². The van der Waals surface area contributed by atoms with Crippen LogP contribution in [0.3, 0.4) is 0 Å². The molecule has 0 aliphatic carbocycles. The molecule has 1 aromatic heterocycles. The fourth-order valence-electron chi connectivity index (χ4n) is 2.74. The number of amides is 2. The molecule has 1 atom stereocenters. The summed E-state index contributed by atoms with van der Waals surface area (Å²) in [4.78, 5) is 32.4. The van der Waals surface area contributed by atoms with Gasteiger partial charge in [0, 0.05) is 31.1 Å². The Hall–Kier alpha value is -1.47. The fourth-order valence-corrected chi connectivity index (χ4v) is 3.57. The van der Waals surface area contributed by atoms with E-state index in [9.17, 15) is 9.59 Å². The number of aryl methyl sites for hydroxylation is 2. The maximum Gasteiger partial charge on any atom is 0.245 e. The lowest BCUT2D eigenvalue weighted by atomic mass is 9.97. The molecule has 7 heteroatoms. The molecule has 0 aliphatic rings. The minimum Gasteiger partial charge on any atom is -0.385 e. The van der Waals surface area contributed by atoms with Crippen molar-refractivity contribution < 1.29 is 14.3 Å². The molecule has 1 N–H and O–H groups in total. The summed E-state index contributed by atoms with van der Waals surface area (Å²) in [5.74, 6) is -0.150. The Labute approximate surface area is 161 Å². The molecule has 0 bridgehead atoms. The van der Waals surface area contributed by atoms with Gasteiger partial charge >= 0.3 is 0 Å². The number of nitrogens with zero attached hydrogens (tertiary/aromatic N) is 2. The molecule has 0 saturated carbocycles. The van der Waals surface area contributed by atoms with E-state index >= 15 is 0 Å². The minimum absolute atomic E-state index is 0.0188. The number of hydrogen-bond donors (Lipinski definition) is 1. The number of carbonyl (C=O) groups is 2. The molecular formula is C19H33N3O3S. The standard InChI is InChI=1S/C19H33N3O3S/c1-6-8-10-16(7-2)18(24)22(11-9-12-25-5)13-17(23)21-19-20-14(3)15(4)26-19/h16H,6-13H2,1-5H3,(H,20,21,23). The Kier molecular flexibility index (Phi) is 10.4. The van der Waals surface area contributed by atoms with Crippen molar-refractivity contribution in [3.8, 4) is 0 Å². The first-order valence-corrected chi connectivity index (χ1v) is 10.3. The number of aromatic nitrogens is 1. The van der Waals surface area contributed by atoms with E-state index in [1.54, 1.807) is 12.0 Å². The van der Waals surface area contributed by atoms with E-state index in [1.807, 2.05) is 20.8 Å². The van der Waals surface area contributed by atoms with Crippen molar-refractivity contribution in [3.05, 3.63) is 10.6 Å². The molecule has 0 saturated heterocycles. The van der Waals surface area contributed by atoms with Gasteiger partial charge in [0.05, 0.1) is 12.2 Å². The third kappa shape index (κ3) is 7.41. The van der Waals surface area contributed by atoms with Gasteiger partial charge in [0.15, 0.2) is 5.13 Å². The predicted octanol–water partition coefficient (Wildman–Crippen LogP) is 3.78. The van der Waals surface area contributed by atoms with E-state index in [4.69, 9.17) is 4.74 Å². The lowest BCUT2D eigenvalue weighted by Crippen LogP contribution is -2.42. The monoisotopic (exact) mass is 383 g/mol. The Morgan fingerprint density at radius 3 is 2.54 bits per heavy atom. The Balaban J connectivity index is 2.73. The molecule has 26 heavy (non-hydrogen) atoms. The van der Waals surface area contributed by atoms with Crippen LogP contribution in [0.1, 0.15) is 56.5 Å². The van der Waals surface area contributed by atoms with E-state index in [2.05, 4.69) is 17.2 Å². The number of nitrogens with one attached hydrogen (secondary N) is 1. The second kappa shape index (κ2) is 12.0. The first-order valence-electron chi connectivity index (χ1n) is 9.44. The van der Waals surface area contributed by atoms with E-state index < -0.39 is 0 Å². The summed E-state index contributed by atoms with van der Waals surface area (Å²) >= 11 is 1.46. The van der Waals surface area contributed by atoms with Crippen molar-refractivity contribution in [2.75, 3.05) is 32.1 Å². The summed E-state index contributed by atoms with van der Waals surface area (Å²) in [6, 6.07) is 0. The van der Waals surface area contributed by atoms with Crippen molar-refractivity contribution >= 4 is 28.3 Å². The topological polar surface area (TPSA) is 71.5 Å².